The predicted molar refractivity (Wildman–Crippen MR) is 78.3 cm³/mol. The largest absolute Gasteiger partial charge is 0.376 e. The molecule has 0 spiro atoms. The molecule has 1 saturated heterocycles. The van der Waals surface area contributed by atoms with Gasteiger partial charge in [0.1, 0.15) is 5.69 Å². The Kier molecular flexibility index (Phi) is 4.36. The monoisotopic (exact) mass is 328 g/mol. The molecule has 2 atom stereocenters. The normalized spacial score (nSPS) is 26.6. The second kappa shape index (κ2) is 5.67. The number of ether oxygens (including phenoxy) is 1. The van der Waals surface area contributed by atoms with Crippen molar-refractivity contribution >= 4 is 21.8 Å². The van der Waals surface area contributed by atoms with E-state index >= 15 is 0 Å². The average Bonchev–Trinajstić information content (AvgIpc) is 2.84. The molecular formula is C14H21BrN2O2. The third-order valence-corrected chi connectivity index (χ3v) is 4.28. The lowest BCUT2D eigenvalue weighted by Crippen LogP contribution is -2.51. The minimum atomic E-state index is -0.273. The molecule has 0 bridgehead atoms. The minimum Gasteiger partial charge on any atom is -0.376 e. The maximum Gasteiger partial charge on any atom is 0.268 e. The van der Waals surface area contributed by atoms with Gasteiger partial charge in [0.15, 0.2) is 0 Å². The van der Waals surface area contributed by atoms with Crippen LogP contribution in [0.2, 0.25) is 0 Å². The summed E-state index contributed by atoms with van der Waals surface area (Å²) < 4.78 is 8.48. The van der Waals surface area contributed by atoms with E-state index in [1.54, 1.807) is 0 Å². The number of hydrogen-bond donors (Lipinski definition) is 1. The number of amides is 1. The maximum absolute atomic E-state index is 12.5. The van der Waals surface area contributed by atoms with Gasteiger partial charge < -0.3 is 14.6 Å². The van der Waals surface area contributed by atoms with Gasteiger partial charge in [0.2, 0.25) is 0 Å². The summed E-state index contributed by atoms with van der Waals surface area (Å²) in [6.07, 6.45) is 3.86. The number of aryl methyl sites for hydroxylation is 1. The van der Waals surface area contributed by atoms with E-state index in [2.05, 4.69) is 28.2 Å². The second-order valence-corrected chi connectivity index (χ2v) is 6.29. The highest BCUT2D eigenvalue weighted by Gasteiger charge is 2.38. The Morgan fingerprint density at radius 1 is 1.68 bits per heavy atom. The van der Waals surface area contributed by atoms with Crippen molar-refractivity contribution in [3.05, 3.63) is 22.4 Å². The lowest BCUT2D eigenvalue weighted by atomic mass is 9.94. The maximum atomic E-state index is 12.5. The van der Waals surface area contributed by atoms with Crippen molar-refractivity contribution in [1.29, 1.82) is 0 Å². The smallest absolute Gasteiger partial charge is 0.268 e. The first-order valence-electron chi connectivity index (χ1n) is 6.76. The van der Waals surface area contributed by atoms with Crippen LogP contribution < -0.4 is 5.32 Å². The van der Waals surface area contributed by atoms with E-state index < -0.39 is 0 Å². The van der Waals surface area contributed by atoms with Crippen molar-refractivity contribution in [3.63, 3.8) is 0 Å². The Labute approximate surface area is 122 Å². The zero-order valence-electron chi connectivity index (χ0n) is 11.7. The number of halogens is 1. The van der Waals surface area contributed by atoms with Crippen LogP contribution in [0.5, 0.6) is 0 Å². The van der Waals surface area contributed by atoms with Gasteiger partial charge in [0.05, 0.1) is 11.6 Å². The molecule has 0 radical (unpaired) electrons. The van der Waals surface area contributed by atoms with Crippen LogP contribution in [0.3, 0.4) is 0 Å². The summed E-state index contributed by atoms with van der Waals surface area (Å²) in [5.74, 6) is -0.0287. The summed E-state index contributed by atoms with van der Waals surface area (Å²) >= 11 is 3.43. The summed E-state index contributed by atoms with van der Waals surface area (Å²) in [4.78, 5) is 12.5. The van der Waals surface area contributed by atoms with Gasteiger partial charge in [-0.2, -0.15) is 0 Å². The molecule has 1 amide bonds. The topological polar surface area (TPSA) is 43.3 Å². The van der Waals surface area contributed by atoms with Crippen LogP contribution in [-0.2, 0) is 11.3 Å². The Balaban J connectivity index is 2.16. The van der Waals surface area contributed by atoms with Crippen LogP contribution in [0.1, 0.15) is 44.1 Å². The van der Waals surface area contributed by atoms with Crippen LogP contribution >= 0.6 is 15.9 Å². The van der Waals surface area contributed by atoms with Gasteiger partial charge in [-0.15, -0.1) is 0 Å². The van der Waals surface area contributed by atoms with Crippen LogP contribution in [0, 0.1) is 0 Å². The fourth-order valence-electron chi connectivity index (χ4n) is 2.41. The molecule has 5 heteroatoms. The Morgan fingerprint density at radius 3 is 3.00 bits per heavy atom. The van der Waals surface area contributed by atoms with Crippen LogP contribution in [-0.4, -0.2) is 28.7 Å². The molecule has 19 heavy (non-hydrogen) atoms. The lowest BCUT2D eigenvalue weighted by Gasteiger charge is -2.29. The first-order valence-corrected chi connectivity index (χ1v) is 7.55. The molecule has 1 N–H and O–H groups in total. The van der Waals surface area contributed by atoms with Crippen molar-refractivity contribution in [2.24, 2.45) is 0 Å². The predicted octanol–water partition coefficient (Wildman–Crippen LogP) is 2.96. The molecule has 1 fully saturated rings. The van der Waals surface area contributed by atoms with E-state index in [0.717, 1.165) is 23.9 Å². The van der Waals surface area contributed by atoms with Gasteiger partial charge in [-0.05, 0) is 48.7 Å². The van der Waals surface area contributed by atoms with Crippen molar-refractivity contribution in [1.82, 2.24) is 9.88 Å². The molecule has 0 aromatic carbocycles. The molecule has 4 nitrogen and oxygen atoms in total. The Hall–Kier alpha value is -0.810. The fourth-order valence-corrected chi connectivity index (χ4v) is 2.88. The first kappa shape index (κ1) is 14.6. The summed E-state index contributed by atoms with van der Waals surface area (Å²) in [7, 11) is 0. The standard InChI is InChI=1S/C14H21BrN2O2/c1-4-6-17-9-11(15)8-12(17)13(18)16-14(3)5-7-19-10(14)2/h8-10H,4-7H2,1-3H3,(H,16,18). The molecule has 1 aliphatic rings. The van der Waals surface area contributed by atoms with E-state index in [1.807, 2.05) is 30.7 Å². The Morgan fingerprint density at radius 2 is 2.42 bits per heavy atom. The van der Waals surface area contributed by atoms with E-state index in [4.69, 9.17) is 4.74 Å². The van der Waals surface area contributed by atoms with Gasteiger partial charge in [-0.25, -0.2) is 0 Å². The van der Waals surface area contributed by atoms with E-state index in [0.29, 0.717) is 12.3 Å². The molecule has 2 rings (SSSR count). The number of rotatable bonds is 4. The third-order valence-electron chi connectivity index (χ3n) is 3.85. The number of carbonyl (C=O) groups excluding carboxylic acids is 1. The molecule has 2 heterocycles. The number of nitrogens with zero attached hydrogens (tertiary/aromatic N) is 1. The van der Waals surface area contributed by atoms with Crippen molar-refractivity contribution in [2.45, 2.75) is 51.8 Å². The summed E-state index contributed by atoms with van der Waals surface area (Å²) in [5.41, 5.74) is 0.430. The summed E-state index contributed by atoms with van der Waals surface area (Å²) in [5, 5.41) is 3.13. The fraction of sp³-hybridized carbons (Fsp3) is 0.643. The zero-order valence-corrected chi connectivity index (χ0v) is 13.3. The second-order valence-electron chi connectivity index (χ2n) is 5.37. The number of aromatic nitrogens is 1. The quantitative estimate of drug-likeness (QED) is 0.923. The highest BCUT2D eigenvalue weighted by Crippen LogP contribution is 2.26. The lowest BCUT2D eigenvalue weighted by molar-refractivity contribution is 0.0721. The number of hydrogen-bond acceptors (Lipinski definition) is 2. The molecule has 0 aliphatic carbocycles. The van der Waals surface area contributed by atoms with Crippen molar-refractivity contribution in [3.8, 4) is 0 Å². The molecule has 1 aromatic heterocycles. The molecule has 106 valence electrons. The van der Waals surface area contributed by atoms with Crippen molar-refractivity contribution in [2.75, 3.05) is 6.61 Å². The van der Waals surface area contributed by atoms with Gasteiger partial charge in [-0.1, -0.05) is 6.92 Å². The van der Waals surface area contributed by atoms with Gasteiger partial charge in [0.25, 0.3) is 5.91 Å². The summed E-state index contributed by atoms with van der Waals surface area (Å²) in [6.45, 7) is 7.71. The highest BCUT2D eigenvalue weighted by molar-refractivity contribution is 9.10. The van der Waals surface area contributed by atoms with Crippen LogP contribution in [0.15, 0.2) is 16.7 Å². The average molecular weight is 329 g/mol. The van der Waals surface area contributed by atoms with Gasteiger partial charge >= 0.3 is 0 Å². The van der Waals surface area contributed by atoms with Gasteiger partial charge in [0, 0.05) is 23.8 Å². The number of carbonyl (C=O) groups is 1. The minimum absolute atomic E-state index is 0.0287. The van der Waals surface area contributed by atoms with Crippen LogP contribution in [0.4, 0.5) is 0 Å². The third kappa shape index (κ3) is 3.03. The van der Waals surface area contributed by atoms with Crippen LogP contribution in [0.25, 0.3) is 0 Å². The highest BCUT2D eigenvalue weighted by atomic mass is 79.9. The van der Waals surface area contributed by atoms with Gasteiger partial charge in [-0.3, -0.25) is 4.79 Å². The molecule has 1 aromatic rings. The SMILES string of the molecule is CCCn1cc(Br)cc1C(=O)NC1(C)CCOC1C. The van der Waals surface area contributed by atoms with E-state index in [9.17, 15) is 4.79 Å². The molecular weight excluding hydrogens is 308 g/mol. The molecule has 1 aliphatic heterocycles. The molecule has 2 unspecified atom stereocenters. The van der Waals surface area contributed by atoms with E-state index in [-0.39, 0.29) is 17.6 Å². The van der Waals surface area contributed by atoms with Crippen molar-refractivity contribution < 1.29 is 9.53 Å². The number of nitrogens with one attached hydrogen (secondary N) is 1. The Bertz CT molecular complexity index is 472. The first-order chi connectivity index (χ1) is 8.96. The molecule has 0 saturated carbocycles. The van der Waals surface area contributed by atoms with E-state index in [1.165, 1.54) is 0 Å². The summed E-state index contributed by atoms with van der Waals surface area (Å²) in [6, 6.07) is 1.87. The zero-order chi connectivity index (χ0) is 14.0.